The van der Waals surface area contributed by atoms with E-state index in [0.29, 0.717) is 38.7 Å². The average molecular weight is 520 g/mol. The third-order valence-corrected chi connectivity index (χ3v) is 8.90. The van der Waals surface area contributed by atoms with Crippen molar-refractivity contribution in [3.63, 3.8) is 0 Å². The first-order valence-corrected chi connectivity index (χ1v) is 12.9. The molecule has 4 fully saturated rings. The summed E-state index contributed by atoms with van der Waals surface area (Å²) in [6.07, 6.45) is 2.29. The largest absolute Gasteiger partial charge is 0.501 e. The van der Waals surface area contributed by atoms with Gasteiger partial charge in [0.1, 0.15) is 12.4 Å². The summed E-state index contributed by atoms with van der Waals surface area (Å²) in [5.41, 5.74) is -5.35. The first-order valence-electron chi connectivity index (χ1n) is 11.4. The lowest BCUT2D eigenvalue weighted by Gasteiger charge is -2.60. The molecule has 2 atom stereocenters. The van der Waals surface area contributed by atoms with Crippen molar-refractivity contribution in [2.75, 3.05) is 32.8 Å². The predicted molar refractivity (Wildman–Crippen MR) is 113 cm³/mol. The number of carbonyl (C=O) groups excluding carboxylic acids is 2. The van der Waals surface area contributed by atoms with E-state index in [9.17, 15) is 35.6 Å². The van der Waals surface area contributed by atoms with E-state index in [1.54, 1.807) is 9.80 Å². The summed E-state index contributed by atoms with van der Waals surface area (Å²) in [5.74, 6) is -1.14. The molecule has 13 heteroatoms. The highest BCUT2D eigenvalue weighted by Crippen LogP contribution is 2.53. The number of urea groups is 1. The van der Waals surface area contributed by atoms with Gasteiger partial charge in [0.05, 0.1) is 17.0 Å². The van der Waals surface area contributed by atoms with Crippen LogP contribution in [-0.2, 0) is 25.8 Å². The number of amides is 3. The Bertz CT molecular complexity index is 1140. The van der Waals surface area contributed by atoms with Gasteiger partial charge in [-0.2, -0.15) is 13.2 Å². The zero-order valence-electron chi connectivity index (χ0n) is 18.7. The normalized spacial score (nSPS) is 26.6. The van der Waals surface area contributed by atoms with Crippen LogP contribution in [0.4, 0.5) is 22.4 Å². The van der Waals surface area contributed by atoms with Gasteiger partial charge >= 0.3 is 11.5 Å². The molecule has 35 heavy (non-hydrogen) atoms. The van der Waals surface area contributed by atoms with Gasteiger partial charge in [-0.05, 0) is 55.4 Å². The van der Waals surface area contributed by atoms with Crippen molar-refractivity contribution in [1.82, 2.24) is 15.1 Å². The number of fused-ring (bicyclic) bond motifs is 1. The van der Waals surface area contributed by atoms with Crippen molar-refractivity contribution in [3.05, 3.63) is 29.6 Å². The summed E-state index contributed by atoms with van der Waals surface area (Å²) in [7, 11) is -5.62. The second kappa shape index (κ2) is 8.32. The van der Waals surface area contributed by atoms with Crippen LogP contribution >= 0.6 is 0 Å². The van der Waals surface area contributed by atoms with Gasteiger partial charge in [0.2, 0.25) is 5.91 Å². The Balaban J connectivity index is 1.14. The van der Waals surface area contributed by atoms with E-state index in [1.807, 2.05) is 0 Å². The Kier molecular flexibility index (Phi) is 5.78. The highest BCUT2D eigenvalue weighted by atomic mass is 32.2. The maximum atomic E-state index is 13.9. The molecule has 1 aromatic rings. The van der Waals surface area contributed by atoms with Gasteiger partial charge in [0.25, 0.3) is 9.84 Å². The van der Waals surface area contributed by atoms with Crippen LogP contribution < -0.4 is 5.32 Å². The van der Waals surface area contributed by atoms with Crippen molar-refractivity contribution in [3.8, 4) is 0 Å². The third kappa shape index (κ3) is 4.48. The molecule has 1 aliphatic carbocycles. The molecule has 5 rings (SSSR count). The summed E-state index contributed by atoms with van der Waals surface area (Å²) >= 11 is 0. The lowest BCUT2D eigenvalue weighted by Crippen LogP contribution is -2.68. The van der Waals surface area contributed by atoms with Gasteiger partial charge in [-0.15, -0.1) is 0 Å². The molecule has 3 aliphatic heterocycles. The molecule has 3 saturated heterocycles. The zero-order valence-corrected chi connectivity index (χ0v) is 19.5. The third-order valence-electron chi connectivity index (χ3n) is 7.43. The second-order valence-corrected chi connectivity index (χ2v) is 12.1. The molecular formula is C22H25F4N3O5S. The average Bonchev–Trinajstić information content (AvgIpc) is 2.72. The molecule has 1 spiro atoms. The lowest BCUT2D eigenvalue weighted by atomic mass is 9.56. The Morgan fingerprint density at radius 2 is 1.89 bits per heavy atom. The standard InChI is InChI=1S/C22H25F4N3O5S/c23-15-4-13(5-16(6-15)35(32,33)22(24,25)26)3-14-7-21(8-14)11-29(12-21)20(31)28-2-1-18-17(9-28)27-19(30)10-34-18/h4-6,14,17-18H,1-3,7-12H2,(H,27,30)/t17-,18+/m1/s1. The first kappa shape index (κ1) is 24.3. The fraction of sp³-hybridized carbons (Fsp3) is 0.636. The Morgan fingerprint density at radius 1 is 1.17 bits per heavy atom. The number of piperidine rings is 1. The molecule has 1 N–H and O–H groups in total. The molecule has 3 heterocycles. The summed E-state index contributed by atoms with van der Waals surface area (Å²) in [5, 5.41) is 2.87. The minimum Gasteiger partial charge on any atom is -0.366 e. The van der Waals surface area contributed by atoms with E-state index in [0.717, 1.165) is 25.0 Å². The van der Waals surface area contributed by atoms with Crippen LogP contribution in [0.3, 0.4) is 0 Å². The molecule has 0 aromatic heterocycles. The van der Waals surface area contributed by atoms with Crippen LogP contribution in [0.1, 0.15) is 24.8 Å². The predicted octanol–water partition coefficient (Wildman–Crippen LogP) is 2.08. The molecule has 192 valence electrons. The molecule has 1 aromatic carbocycles. The molecule has 0 radical (unpaired) electrons. The number of likely N-dealkylation sites (tertiary alicyclic amines) is 2. The minimum absolute atomic E-state index is 0.0417. The van der Waals surface area contributed by atoms with Gasteiger partial charge in [-0.25, -0.2) is 17.6 Å². The number of sulfone groups is 1. The molecular weight excluding hydrogens is 494 g/mol. The highest BCUT2D eigenvalue weighted by Gasteiger charge is 2.54. The van der Waals surface area contributed by atoms with Crippen LogP contribution in [0.5, 0.6) is 0 Å². The number of carbonyl (C=O) groups is 2. The quantitative estimate of drug-likeness (QED) is 0.617. The second-order valence-electron chi connectivity index (χ2n) is 10.1. The van der Waals surface area contributed by atoms with E-state index in [4.69, 9.17) is 4.74 Å². The Labute approximate surface area is 199 Å². The molecule has 1 saturated carbocycles. The first-order chi connectivity index (χ1) is 16.3. The molecule has 8 nitrogen and oxygen atoms in total. The van der Waals surface area contributed by atoms with E-state index in [2.05, 4.69) is 5.32 Å². The summed E-state index contributed by atoms with van der Waals surface area (Å²) in [6.45, 7) is 2.11. The van der Waals surface area contributed by atoms with Crippen molar-refractivity contribution in [1.29, 1.82) is 0 Å². The maximum Gasteiger partial charge on any atom is 0.501 e. The van der Waals surface area contributed by atoms with Gasteiger partial charge in [-0.3, -0.25) is 4.79 Å². The lowest BCUT2D eigenvalue weighted by molar-refractivity contribution is -0.140. The number of benzene rings is 1. The van der Waals surface area contributed by atoms with E-state index >= 15 is 0 Å². The van der Waals surface area contributed by atoms with Crippen molar-refractivity contribution in [2.45, 2.75) is 48.2 Å². The highest BCUT2D eigenvalue weighted by molar-refractivity contribution is 7.92. The Hall–Kier alpha value is -2.41. The number of nitrogens with zero attached hydrogens (tertiary/aromatic N) is 2. The smallest absolute Gasteiger partial charge is 0.366 e. The number of ether oxygens (including phenoxy) is 1. The van der Waals surface area contributed by atoms with Crippen molar-refractivity contribution >= 4 is 21.8 Å². The number of alkyl halides is 3. The number of halogens is 4. The van der Waals surface area contributed by atoms with Crippen molar-refractivity contribution in [2.24, 2.45) is 11.3 Å². The summed E-state index contributed by atoms with van der Waals surface area (Å²) in [6, 6.07) is 2.04. The molecule has 3 amide bonds. The minimum atomic E-state index is -5.62. The van der Waals surface area contributed by atoms with E-state index in [-0.39, 0.29) is 54.0 Å². The maximum absolute atomic E-state index is 13.9. The number of hydrogen-bond donors (Lipinski definition) is 1. The van der Waals surface area contributed by atoms with Gasteiger partial charge in [0.15, 0.2) is 0 Å². The SMILES string of the molecule is O=C1CO[C@H]2CCN(C(=O)N3CC4(CC(Cc5cc(F)cc(S(=O)(=O)C(F)(F)F)c5)C4)C3)C[C@H]2N1. The molecule has 0 unspecified atom stereocenters. The number of hydrogen-bond acceptors (Lipinski definition) is 5. The van der Waals surface area contributed by atoms with Crippen molar-refractivity contribution < 1.29 is 40.3 Å². The van der Waals surface area contributed by atoms with Crippen LogP contribution in [0.25, 0.3) is 0 Å². The molecule has 0 bridgehead atoms. The number of rotatable bonds is 3. The summed E-state index contributed by atoms with van der Waals surface area (Å²) < 4.78 is 81.2. The monoisotopic (exact) mass is 519 g/mol. The van der Waals surface area contributed by atoms with E-state index < -0.39 is 26.1 Å². The van der Waals surface area contributed by atoms with Gasteiger partial charge < -0.3 is 19.9 Å². The fourth-order valence-corrected chi connectivity index (χ4v) is 6.74. The van der Waals surface area contributed by atoms with E-state index in [1.165, 1.54) is 0 Å². The zero-order chi connectivity index (χ0) is 25.2. The topological polar surface area (TPSA) is 96.0 Å². The summed E-state index contributed by atoms with van der Waals surface area (Å²) in [4.78, 5) is 26.8. The number of morpholine rings is 1. The van der Waals surface area contributed by atoms with Crippen LogP contribution in [-0.4, -0.2) is 80.6 Å². The fourth-order valence-electron chi connectivity index (χ4n) is 5.90. The molecule has 4 aliphatic rings. The Morgan fingerprint density at radius 3 is 2.57 bits per heavy atom. The van der Waals surface area contributed by atoms with Crippen LogP contribution in [0.2, 0.25) is 0 Å². The van der Waals surface area contributed by atoms with Crippen LogP contribution in [0, 0.1) is 17.2 Å². The van der Waals surface area contributed by atoms with Gasteiger partial charge in [0, 0.05) is 31.6 Å². The van der Waals surface area contributed by atoms with Crippen LogP contribution in [0.15, 0.2) is 23.1 Å². The van der Waals surface area contributed by atoms with Gasteiger partial charge in [-0.1, -0.05) is 0 Å². The number of nitrogens with one attached hydrogen (secondary N) is 1.